The van der Waals surface area contributed by atoms with Crippen LogP contribution in [0.2, 0.25) is 5.02 Å². The third kappa shape index (κ3) is 1.86. The second kappa shape index (κ2) is 4.78. The molecule has 3 N–H and O–H groups in total. The summed E-state index contributed by atoms with van der Waals surface area (Å²) in [4.78, 5) is 0. The number of nitrogens with zero attached hydrogens (tertiary/aromatic N) is 1. The molecule has 1 aromatic carbocycles. The minimum absolute atomic E-state index is 0.468. The standard InChI is InChI=1S/C12H14ClN3O2/c1-6-7(8-5-15-16-12(8)14)4-9(13)11(18-3)10(6)17-2/h4-5H,1-3H3,(H3,14,15,16). The van der Waals surface area contributed by atoms with Gasteiger partial charge in [0.15, 0.2) is 11.5 Å². The van der Waals surface area contributed by atoms with Crippen molar-refractivity contribution in [1.29, 1.82) is 0 Å². The highest BCUT2D eigenvalue weighted by Gasteiger charge is 2.18. The molecule has 0 saturated carbocycles. The number of nitrogens with one attached hydrogen (secondary N) is 1. The van der Waals surface area contributed by atoms with Gasteiger partial charge in [-0.3, -0.25) is 5.10 Å². The van der Waals surface area contributed by atoms with Crippen molar-refractivity contribution in [3.63, 3.8) is 0 Å². The maximum absolute atomic E-state index is 6.18. The van der Waals surface area contributed by atoms with Crippen LogP contribution in [-0.2, 0) is 0 Å². The van der Waals surface area contributed by atoms with Gasteiger partial charge in [0.2, 0.25) is 0 Å². The van der Waals surface area contributed by atoms with Crippen molar-refractivity contribution in [3.8, 4) is 22.6 Å². The summed E-state index contributed by atoms with van der Waals surface area (Å²) >= 11 is 6.18. The smallest absolute Gasteiger partial charge is 0.179 e. The number of aromatic amines is 1. The van der Waals surface area contributed by atoms with Gasteiger partial charge in [-0.05, 0) is 18.6 Å². The largest absolute Gasteiger partial charge is 0.493 e. The Morgan fingerprint density at radius 1 is 1.22 bits per heavy atom. The Kier molecular flexibility index (Phi) is 3.34. The molecule has 0 aliphatic carbocycles. The molecule has 96 valence electrons. The Morgan fingerprint density at radius 2 is 1.89 bits per heavy atom. The first-order valence-electron chi connectivity index (χ1n) is 5.30. The normalized spacial score (nSPS) is 10.4. The summed E-state index contributed by atoms with van der Waals surface area (Å²) in [6, 6.07) is 1.79. The van der Waals surface area contributed by atoms with Crippen molar-refractivity contribution < 1.29 is 9.47 Å². The number of hydrogen-bond donors (Lipinski definition) is 2. The predicted molar refractivity (Wildman–Crippen MR) is 71.3 cm³/mol. The molecule has 6 heteroatoms. The number of aromatic nitrogens is 2. The van der Waals surface area contributed by atoms with Crippen LogP contribution in [0.4, 0.5) is 5.82 Å². The topological polar surface area (TPSA) is 73.2 Å². The average molecular weight is 268 g/mol. The zero-order valence-electron chi connectivity index (χ0n) is 10.4. The molecule has 0 amide bonds. The molecule has 5 nitrogen and oxygen atoms in total. The number of halogens is 1. The van der Waals surface area contributed by atoms with E-state index in [1.807, 2.05) is 6.92 Å². The monoisotopic (exact) mass is 267 g/mol. The van der Waals surface area contributed by atoms with E-state index in [9.17, 15) is 0 Å². The number of nitrogen functional groups attached to an aromatic ring is 1. The van der Waals surface area contributed by atoms with Crippen LogP contribution >= 0.6 is 11.6 Å². The third-order valence-electron chi connectivity index (χ3n) is 2.81. The molecule has 0 radical (unpaired) electrons. The van der Waals surface area contributed by atoms with Crippen LogP contribution in [0.15, 0.2) is 12.3 Å². The van der Waals surface area contributed by atoms with Crippen molar-refractivity contribution >= 4 is 17.4 Å². The molecule has 0 saturated heterocycles. The predicted octanol–water partition coefficient (Wildman–Crippen LogP) is 2.64. The SMILES string of the molecule is COc1c(Cl)cc(-c2cn[nH]c2N)c(C)c1OC. The highest BCUT2D eigenvalue weighted by molar-refractivity contribution is 6.32. The molecule has 0 unspecified atom stereocenters. The highest BCUT2D eigenvalue weighted by Crippen LogP contribution is 2.43. The van der Waals surface area contributed by atoms with Gasteiger partial charge < -0.3 is 15.2 Å². The van der Waals surface area contributed by atoms with Crippen LogP contribution < -0.4 is 15.2 Å². The van der Waals surface area contributed by atoms with Crippen LogP contribution in [0.5, 0.6) is 11.5 Å². The van der Waals surface area contributed by atoms with E-state index in [0.29, 0.717) is 22.3 Å². The van der Waals surface area contributed by atoms with E-state index in [1.54, 1.807) is 26.5 Å². The maximum Gasteiger partial charge on any atom is 0.179 e. The Morgan fingerprint density at radius 3 is 2.39 bits per heavy atom. The van der Waals surface area contributed by atoms with Gasteiger partial charge in [-0.1, -0.05) is 11.6 Å². The number of anilines is 1. The lowest BCUT2D eigenvalue weighted by Gasteiger charge is -2.15. The molecule has 18 heavy (non-hydrogen) atoms. The van der Waals surface area contributed by atoms with Crippen LogP contribution in [0, 0.1) is 6.92 Å². The van der Waals surface area contributed by atoms with E-state index in [2.05, 4.69) is 10.2 Å². The molecule has 2 rings (SSSR count). The van der Waals surface area contributed by atoms with E-state index in [-0.39, 0.29) is 0 Å². The van der Waals surface area contributed by atoms with Crippen molar-refractivity contribution in [3.05, 3.63) is 22.8 Å². The Balaban J connectivity index is 2.71. The molecule has 0 aliphatic heterocycles. The minimum Gasteiger partial charge on any atom is -0.493 e. The zero-order valence-corrected chi connectivity index (χ0v) is 11.1. The first kappa shape index (κ1) is 12.6. The van der Waals surface area contributed by atoms with Crippen LogP contribution in [-0.4, -0.2) is 24.4 Å². The summed E-state index contributed by atoms with van der Waals surface area (Å²) in [5.41, 5.74) is 8.37. The van der Waals surface area contributed by atoms with Gasteiger partial charge in [-0.15, -0.1) is 0 Å². The number of rotatable bonds is 3. The number of nitrogens with two attached hydrogens (primary N) is 1. The first-order chi connectivity index (χ1) is 8.60. The van der Waals surface area contributed by atoms with E-state index in [0.717, 1.165) is 16.7 Å². The van der Waals surface area contributed by atoms with Gasteiger partial charge >= 0.3 is 0 Å². The summed E-state index contributed by atoms with van der Waals surface area (Å²) in [6.45, 7) is 1.92. The van der Waals surface area contributed by atoms with Gasteiger partial charge in [0.1, 0.15) is 5.82 Å². The molecule has 0 spiro atoms. The number of ether oxygens (including phenoxy) is 2. The molecular weight excluding hydrogens is 254 g/mol. The van der Waals surface area contributed by atoms with Gasteiger partial charge in [-0.25, -0.2) is 0 Å². The van der Waals surface area contributed by atoms with Gasteiger partial charge in [0, 0.05) is 11.1 Å². The van der Waals surface area contributed by atoms with Gasteiger partial charge in [0.25, 0.3) is 0 Å². The van der Waals surface area contributed by atoms with Crippen molar-refractivity contribution in [2.24, 2.45) is 0 Å². The third-order valence-corrected chi connectivity index (χ3v) is 3.09. The number of methoxy groups -OCH3 is 2. The minimum atomic E-state index is 0.468. The number of H-pyrrole nitrogens is 1. The Labute approximate surface area is 110 Å². The highest BCUT2D eigenvalue weighted by atomic mass is 35.5. The van der Waals surface area contributed by atoms with E-state index < -0.39 is 0 Å². The fraction of sp³-hybridized carbons (Fsp3) is 0.250. The second-order valence-electron chi connectivity index (χ2n) is 3.79. The van der Waals surface area contributed by atoms with Gasteiger partial charge in [0.05, 0.1) is 25.4 Å². The van der Waals surface area contributed by atoms with Crippen molar-refractivity contribution in [2.75, 3.05) is 20.0 Å². The lowest BCUT2D eigenvalue weighted by molar-refractivity contribution is 0.353. The molecule has 2 aromatic rings. The molecule has 0 aliphatic rings. The number of benzene rings is 1. The van der Waals surface area contributed by atoms with Gasteiger partial charge in [-0.2, -0.15) is 5.10 Å². The number of hydrogen-bond acceptors (Lipinski definition) is 4. The van der Waals surface area contributed by atoms with Crippen molar-refractivity contribution in [1.82, 2.24) is 10.2 Å². The van der Waals surface area contributed by atoms with Crippen LogP contribution in [0.25, 0.3) is 11.1 Å². The van der Waals surface area contributed by atoms with E-state index in [4.69, 9.17) is 26.8 Å². The average Bonchev–Trinajstić information content (AvgIpc) is 2.77. The summed E-state index contributed by atoms with van der Waals surface area (Å²) in [5.74, 6) is 1.60. The van der Waals surface area contributed by atoms with E-state index >= 15 is 0 Å². The Bertz CT molecular complexity index is 581. The first-order valence-corrected chi connectivity index (χ1v) is 5.68. The van der Waals surface area contributed by atoms with E-state index in [1.165, 1.54) is 0 Å². The molecule has 1 heterocycles. The molecule has 1 aromatic heterocycles. The lowest BCUT2D eigenvalue weighted by atomic mass is 10.0. The molecule has 0 atom stereocenters. The molecule has 0 bridgehead atoms. The van der Waals surface area contributed by atoms with Crippen molar-refractivity contribution in [2.45, 2.75) is 6.92 Å². The van der Waals surface area contributed by atoms with Crippen LogP contribution in [0.1, 0.15) is 5.56 Å². The lowest BCUT2D eigenvalue weighted by Crippen LogP contribution is -1.97. The Hall–Kier alpha value is -1.88. The molecule has 0 fully saturated rings. The quantitative estimate of drug-likeness (QED) is 0.897. The maximum atomic E-state index is 6.18. The summed E-state index contributed by atoms with van der Waals surface area (Å²) in [7, 11) is 3.12. The fourth-order valence-corrected chi connectivity index (χ4v) is 2.20. The summed E-state index contributed by atoms with van der Waals surface area (Å²) in [6.07, 6.45) is 1.65. The summed E-state index contributed by atoms with van der Waals surface area (Å²) < 4.78 is 10.6. The van der Waals surface area contributed by atoms with Crippen LogP contribution in [0.3, 0.4) is 0 Å². The fourth-order valence-electron chi connectivity index (χ4n) is 1.93. The second-order valence-corrected chi connectivity index (χ2v) is 4.20. The summed E-state index contributed by atoms with van der Waals surface area (Å²) in [5, 5.41) is 7.06. The zero-order chi connectivity index (χ0) is 13.3. The molecular formula is C12H14ClN3O2.